The van der Waals surface area contributed by atoms with Crippen LogP contribution in [0.25, 0.3) is 0 Å². The van der Waals surface area contributed by atoms with Crippen molar-refractivity contribution in [3.8, 4) is 0 Å². The summed E-state index contributed by atoms with van der Waals surface area (Å²) in [6.45, 7) is 1.94. The van der Waals surface area contributed by atoms with Gasteiger partial charge in [-0.1, -0.05) is 6.92 Å². The molecule has 0 aliphatic heterocycles. The highest BCUT2D eigenvalue weighted by atomic mass is 16.4. The maximum atomic E-state index is 11.2. The monoisotopic (exact) mass is 208 g/mol. The van der Waals surface area contributed by atoms with E-state index in [9.17, 15) is 9.90 Å². The molecule has 0 unspecified atom stereocenters. The molecule has 4 fully saturated rings. The van der Waals surface area contributed by atoms with Crippen molar-refractivity contribution in [2.75, 3.05) is 0 Å². The molecule has 4 saturated carbocycles. The molecule has 0 aromatic heterocycles. The number of carboxylic acid groups (broad SMARTS) is 1. The van der Waals surface area contributed by atoms with Gasteiger partial charge in [-0.2, -0.15) is 0 Å². The minimum absolute atomic E-state index is 0.120. The lowest BCUT2D eigenvalue weighted by atomic mass is 9.46. The highest BCUT2D eigenvalue weighted by molar-refractivity contribution is 5.70. The maximum Gasteiger partial charge on any atom is 0.306 e. The third-order valence-electron chi connectivity index (χ3n) is 5.37. The Morgan fingerprint density at radius 3 is 1.87 bits per heavy atom. The van der Waals surface area contributed by atoms with Crippen molar-refractivity contribution in [3.05, 3.63) is 0 Å². The Labute approximate surface area is 91.1 Å². The van der Waals surface area contributed by atoms with Crippen LogP contribution in [-0.4, -0.2) is 11.1 Å². The molecule has 4 aliphatic rings. The molecule has 84 valence electrons. The predicted octanol–water partition coefficient (Wildman–Crippen LogP) is 2.92. The van der Waals surface area contributed by atoms with Crippen LogP contribution < -0.4 is 0 Å². The van der Waals surface area contributed by atoms with E-state index in [1.165, 1.54) is 38.5 Å². The van der Waals surface area contributed by atoms with Crippen LogP contribution >= 0.6 is 0 Å². The van der Waals surface area contributed by atoms with Crippen molar-refractivity contribution in [1.82, 2.24) is 0 Å². The van der Waals surface area contributed by atoms with Crippen LogP contribution in [0.2, 0.25) is 0 Å². The highest BCUT2D eigenvalue weighted by Crippen LogP contribution is 2.62. The minimum Gasteiger partial charge on any atom is -0.481 e. The summed E-state index contributed by atoms with van der Waals surface area (Å²) in [4.78, 5) is 11.2. The highest BCUT2D eigenvalue weighted by Gasteiger charge is 2.54. The van der Waals surface area contributed by atoms with Crippen LogP contribution in [-0.2, 0) is 4.79 Å². The van der Waals surface area contributed by atoms with Crippen LogP contribution in [0.5, 0.6) is 0 Å². The van der Waals surface area contributed by atoms with Gasteiger partial charge in [0, 0.05) is 0 Å². The second kappa shape index (κ2) is 2.99. The average Bonchev–Trinajstić information content (AvgIpc) is 2.14. The van der Waals surface area contributed by atoms with E-state index >= 15 is 0 Å². The van der Waals surface area contributed by atoms with Crippen LogP contribution in [0.4, 0.5) is 0 Å². The van der Waals surface area contributed by atoms with Gasteiger partial charge in [0.05, 0.1) is 5.92 Å². The lowest BCUT2D eigenvalue weighted by Gasteiger charge is -2.58. The largest absolute Gasteiger partial charge is 0.481 e. The average molecular weight is 208 g/mol. The Morgan fingerprint density at radius 1 is 1.13 bits per heavy atom. The normalized spacial score (nSPS) is 49.3. The number of carboxylic acids is 1. The Kier molecular flexibility index (Phi) is 1.93. The van der Waals surface area contributed by atoms with Gasteiger partial charge in [-0.3, -0.25) is 4.79 Å². The smallest absolute Gasteiger partial charge is 0.306 e. The molecule has 4 rings (SSSR count). The molecular weight excluding hydrogens is 188 g/mol. The summed E-state index contributed by atoms with van der Waals surface area (Å²) in [5.41, 5.74) is 0.181. The first kappa shape index (κ1) is 9.68. The fraction of sp³-hybridized carbons (Fsp3) is 0.923. The summed E-state index contributed by atoms with van der Waals surface area (Å²) in [5, 5.41) is 9.24. The van der Waals surface area contributed by atoms with Gasteiger partial charge in [-0.05, 0) is 61.7 Å². The Bertz CT molecular complexity index is 260. The SMILES string of the molecule is C[C@@H](C(=O)O)C12CC3CC(CC(C3)C1)C2. The van der Waals surface area contributed by atoms with Gasteiger partial charge < -0.3 is 5.11 Å². The van der Waals surface area contributed by atoms with Crippen molar-refractivity contribution >= 4 is 5.97 Å². The van der Waals surface area contributed by atoms with Gasteiger partial charge in [-0.25, -0.2) is 0 Å². The van der Waals surface area contributed by atoms with Crippen molar-refractivity contribution < 1.29 is 9.90 Å². The number of aliphatic carboxylic acids is 1. The molecule has 0 amide bonds. The number of carbonyl (C=O) groups is 1. The third kappa shape index (κ3) is 1.33. The molecular formula is C13H20O2. The molecule has 0 heterocycles. The van der Waals surface area contributed by atoms with Gasteiger partial charge >= 0.3 is 5.97 Å². The zero-order valence-electron chi connectivity index (χ0n) is 9.41. The number of hydrogen-bond donors (Lipinski definition) is 1. The summed E-state index contributed by atoms with van der Waals surface area (Å²) in [6.07, 6.45) is 7.79. The summed E-state index contributed by atoms with van der Waals surface area (Å²) in [6, 6.07) is 0. The predicted molar refractivity (Wildman–Crippen MR) is 57.4 cm³/mol. The lowest BCUT2D eigenvalue weighted by Crippen LogP contribution is -2.50. The summed E-state index contributed by atoms with van der Waals surface area (Å²) >= 11 is 0. The van der Waals surface area contributed by atoms with E-state index in [1.807, 2.05) is 6.92 Å². The van der Waals surface area contributed by atoms with Crippen molar-refractivity contribution in [1.29, 1.82) is 0 Å². The van der Waals surface area contributed by atoms with E-state index in [-0.39, 0.29) is 11.3 Å². The van der Waals surface area contributed by atoms with E-state index in [1.54, 1.807) is 0 Å². The van der Waals surface area contributed by atoms with Crippen molar-refractivity contribution in [2.45, 2.75) is 45.4 Å². The minimum atomic E-state index is -0.572. The molecule has 2 nitrogen and oxygen atoms in total. The fourth-order valence-electron chi connectivity index (χ4n) is 4.97. The summed E-state index contributed by atoms with van der Waals surface area (Å²) in [7, 11) is 0. The molecule has 0 radical (unpaired) electrons. The van der Waals surface area contributed by atoms with Gasteiger partial charge in [0.25, 0.3) is 0 Å². The molecule has 0 aromatic carbocycles. The zero-order chi connectivity index (χ0) is 10.6. The van der Waals surface area contributed by atoms with Crippen LogP contribution in [0.3, 0.4) is 0 Å². The Morgan fingerprint density at radius 2 is 1.53 bits per heavy atom. The molecule has 0 aromatic rings. The van der Waals surface area contributed by atoms with Gasteiger partial charge in [0.15, 0.2) is 0 Å². The summed E-state index contributed by atoms with van der Waals surface area (Å²) < 4.78 is 0. The van der Waals surface area contributed by atoms with Crippen LogP contribution in [0, 0.1) is 29.1 Å². The third-order valence-corrected chi connectivity index (χ3v) is 5.37. The quantitative estimate of drug-likeness (QED) is 0.757. The first-order chi connectivity index (χ1) is 7.09. The molecule has 15 heavy (non-hydrogen) atoms. The lowest BCUT2D eigenvalue weighted by molar-refractivity contribution is -0.155. The molecule has 4 bridgehead atoms. The Hall–Kier alpha value is -0.530. The van der Waals surface area contributed by atoms with Crippen LogP contribution in [0.1, 0.15) is 45.4 Å². The van der Waals surface area contributed by atoms with Gasteiger partial charge in [0.2, 0.25) is 0 Å². The van der Waals surface area contributed by atoms with Gasteiger partial charge in [-0.15, -0.1) is 0 Å². The van der Waals surface area contributed by atoms with Crippen LogP contribution in [0.15, 0.2) is 0 Å². The van der Waals surface area contributed by atoms with E-state index in [2.05, 4.69) is 0 Å². The zero-order valence-corrected chi connectivity index (χ0v) is 9.41. The maximum absolute atomic E-state index is 11.2. The number of rotatable bonds is 2. The number of hydrogen-bond acceptors (Lipinski definition) is 1. The van der Waals surface area contributed by atoms with E-state index in [0.29, 0.717) is 0 Å². The molecule has 4 aliphatic carbocycles. The summed E-state index contributed by atoms with van der Waals surface area (Å²) in [5.74, 6) is 1.89. The second-order valence-electron chi connectivity index (χ2n) is 6.34. The van der Waals surface area contributed by atoms with E-state index in [4.69, 9.17) is 0 Å². The topological polar surface area (TPSA) is 37.3 Å². The van der Waals surface area contributed by atoms with Crippen molar-refractivity contribution in [3.63, 3.8) is 0 Å². The van der Waals surface area contributed by atoms with E-state index < -0.39 is 5.97 Å². The van der Waals surface area contributed by atoms with E-state index in [0.717, 1.165) is 17.8 Å². The molecule has 0 saturated heterocycles. The van der Waals surface area contributed by atoms with Crippen molar-refractivity contribution in [2.24, 2.45) is 29.1 Å². The van der Waals surface area contributed by atoms with Gasteiger partial charge in [0.1, 0.15) is 0 Å². The molecule has 0 spiro atoms. The second-order valence-corrected chi connectivity index (χ2v) is 6.34. The molecule has 1 atom stereocenters. The standard InChI is InChI=1S/C13H20O2/c1-8(12(14)15)13-5-9-2-10(6-13)4-11(3-9)7-13/h8-11H,2-7H2,1H3,(H,14,15)/t8-,9?,10?,11?,13?/m0/s1. The molecule has 1 N–H and O–H groups in total. The first-order valence-electron chi connectivity index (χ1n) is 6.32. The fourth-order valence-corrected chi connectivity index (χ4v) is 4.97. The first-order valence-corrected chi connectivity index (χ1v) is 6.32. The molecule has 2 heteroatoms. The Balaban J connectivity index is 1.89.